The Morgan fingerprint density at radius 2 is 2.14 bits per heavy atom. The van der Waals surface area contributed by atoms with Gasteiger partial charge in [-0.3, -0.25) is 0 Å². The Morgan fingerprint density at radius 3 is 2.71 bits per heavy atom. The smallest absolute Gasteiger partial charge is 0.145 e. The van der Waals surface area contributed by atoms with Gasteiger partial charge >= 0.3 is 0 Å². The van der Waals surface area contributed by atoms with E-state index >= 15 is 0 Å². The lowest BCUT2D eigenvalue weighted by molar-refractivity contribution is 0.351. The highest BCUT2D eigenvalue weighted by atomic mass is 15.2. The minimum Gasteiger partial charge on any atom is -0.366 e. The van der Waals surface area contributed by atoms with E-state index in [9.17, 15) is 0 Å². The van der Waals surface area contributed by atoms with Crippen molar-refractivity contribution in [2.45, 2.75) is 6.17 Å². The second kappa shape index (κ2) is 4.74. The van der Waals surface area contributed by atoms with E-state index in [1.165, 1.54) is 6.20 Å². The molecule has 0 aliphatic carbocycles. The monoisotopic (exact) mass is 186 g/mol. The summed E-state index contributed by atoms with van der Waals surface area (Å²) in [4.78, 5) is 1.93. The summed E-state index contributed by atoms with van der Waals surface area (Å²) in [5.74, 6) is 0. The highest BCUT2D eigenvalue weighted by Crippen LogP contribution is 2.02. The van der Waals surface area contributed by atoms with Gasteiger partial charge in [-0.2, -0.15) is 10.5 Å². The van der Waals surface area contributed by atoms with Crippen molar-refractivity contribution in [2.24, 2.45) is 0 Å². The fourth-order valence-corrected chi connectivity index (χ4v) is 1.01. The number of allylic oxidation sites excluding steroid dienone is 3. The third-order valence-electron chi connectivity index (χ3n) is 1.80. The molecule has 4 nitrogen and oxygen atoms in total. The third kappa shape index (κ3) is 2.40. The molecule has 1 heterocycles. The van der Waals surface area contributed by atoms with Gasteiger partial charge in [0.2, 0.25) is 0 Å². The van der Waals surface area contributed by atoms with E-state index in [2.05, 4.69) is 5.32 Å². The highest BCUT2D eigenvalue weighted by Gasteiger charge is 2.07. The zero-order valence-electron chi connectivity index (χ0n) is 7.81. The fourth-order valence-electron chi connectivity index (χ4n) is 1.01. The van der Waals surface area contributed by atoms with Crippen LogP contribution >= 0.6 is 0 Å². The summed E-state index contributed by atoms with van der Waals surface area (Å²) in [6, 6.07) is 3.57. The van der Waals surface area contributed by atoms with Crippen LogP contribution in [0.15, 0.2) is 36.2 Å². The van der Waals surface area contributed by atoms with Crippen molar-refractivity contribution in [1.29, 1.82) is 10.5 Å². The van der Waals surface area contributed by atoms with Crippen LogP contribution in [0.25, 0.3) is 0 Å². The summed E-state index contributed by atoms with van der Waals surface area (Å²) in [5, 5.41) is 19.9. The van der Waals surface area contributed by atoms with E-state index in [1.54, 1.807) is 12.1 Å². The Morgan fingerprint density at radius 1 is 1.43 bits per heavy atom. The lowest BCUT2D eigenvalue weighted by Gasteiger charge is -2.26. The summed E-state index contributed by atoms with van der Waals surface area (Å²) in [6.07, 6.45) is 9.08. The second-order valence-corrected chi connectivity index (χ2v) is 2.79. The topological polar surface area (TPSA) is 62.9 Å². The number of nitrogens with zero attached hydrogens (tertiary/aromatic N) is 3. The van der Waals surface area contributed by atoms with Gasteiger partial charge in [-0.1, -0.05) is 6.08 Å². The molecule has 1 aliphatic rings. The first-order chi connectivity index (χ1) is 6.77. The summed E-state index contributed by atoms with van der Waals surface area (Å²) in [6.45, 7) is 0. The molecule has 0 unspecified atom stereocenters. The van der Waals surface area contributed by atoms with Gasteiger partial charge in [-0.05, 0) is 12.2 Å². The molecule has 0 aromatic rings. The average molecular weight is 186 g/mol. The molecule has 14 heavy (non-hydrogen) atoms. The molecular weight excluding hydrogens is 176 g/mol. The molecule has 0 amide bonds. The molecule has 70 valence electrons. The van der Waals surface area contributed by atoms with Crippen molar-refractivity contribution < 1.29 is 0 Å². The van der Waals surface area contributed by atoms with Crippen molar-refractivity contribution in [1.82, 2.24) is 10.2 Å². The minimum atomic E-state index is -0.00306. The van der Waals surface area contributed by atoms with Gasteiger partial charge in [0.15, 0.2) is 0 Å². The molecule has 0 saturated heterocycles. The predicted molar refractivity (Wildman–Crippen MR) is 52.3 cm³/mol. The van der Waals surface area contributed by atoms with Crippen LogP contribution in [0.4, 0.5) is 0 Å². The first-order valence-electron chi connectivity index (χ1n) is 4.11. The molecule has 0 saturated carbocycles. The van der Waals surface area contributed by atoms with E-state index in [4.69, 9.17) is 10.5 Å². The van der Waals surface area contributed by atoms with E-state index in [-0.39, 0.29) is 11.7 Å². The fraction of sp³-hybridized carbons (Fsp3) is 0.200. The van der Waals surface area contributed by atoms with Crippen LogP contribution in [-0.2, 0) is 0 Å². The number of hydrogen-bond acceptors (Lipinski definition) is 4. The Balaban J connectivity index is 2.59. The number of likely N-dealkylation sites (N-methyl/N-ethyl adjacent to an activating group) is 1. The summed E-state index contributed by atoms with van der Waals surface area (Å²) in [7, 11) is 1.91. The molecule has 1 atom stereocenters. The van der Waals surface area contributed by atoms with Gasteiger partial charge in [-0.15, -0.1) is 0 Å². The largest absolute Gasteiger partial charge is 0.366 e. The van der Waals surface area contributed by atoms with Crippen molar-refractivity contribution >= 4 is 0 Å². The van der Waals surface area contributed by atoms with Crippen molar-refractivity contribution in [3.8, 4) is 12.1 Å². The number of rotatable bonds is 2. The van der Waals surface area contributed by atoms with Crippen LogP contribution in [0.2, 0.25) is 0 Å². The number of hydrogen-bond donors (Lipinski definition) is 1. The molecule has 0 bridgehead atoms. The summed E-state index contributed by atoms with van der Waals surface area (Å²) >= 11 is 0. The van der Waals surface area contributed by atoms with Gasteiger partial charge in [-0.25, -0.2) is 0 Å². The molecule has 4 heteroatoms. The second-order valence-electron chi connectivity index (χ2n) is 2.79. The first kappa shape index (κ1) is 9.88. The van der Waals surface area contributed by atoms with Crippen LogP contribution in [0.1, 0.15) is 0 Å². The number of nitrogens with one attached hydrogen (secondary N) is 1. The minimum absolute atomic E-state index is 0.00306. The van der Waals surface area contributed by atoms with E-state index in [1.807, 2.05) is 36.4 Å². The van der Waals surface area contributed by atoms with Crippen molar-refractivity contribution in [3.63, 3.8) is 0 Å². The lowest BCUT2D eigenvalue weighted by atomic mass is 10.3. The van der Waals surface area contributed by atoms with Crippen molar-refractivity contribution in [2.75, 3.05) is 7.05 Å². The molecule has 0 radical (unpaired) electrons. The summed E-state index contributed by atoms with van der Waals surface area (Å²) in [5.41, 5.74) is 0.0707. The zero-order chi connectivity index (χ0) is 10.4. The SMILES string of the molecule is CN1C=CC=C[C@H]1NC=C(C#N)C#N. The molecule has 0 aromatic carbocycles. The van der Waals surface area contributed by atoms with Crippen molar-refractivity contribution in [3.05, 3.63) is 36.2 Å². The third-order valence-corrected chi connectivity index (χ3v) is 1.80. The normalized spacial score (nSPS) is 18.2. The molecule has 0 spiro atoms. The van der Waals surface area contributed by atoms with Crippen LogP contribution in [0, 0.1) is 22.7 Å². The maximum atomic E-state index is 8.50. The van der Waals surface area contributed by atoms with E-state index in [0.717, 1.165) is 0 Å². The van der Waals surface area contributed by atoms with Gasteiger partial charge in [0.05, 0.1) is 0 Å². The predicted octanol–water partition coefficient (Wildman–Crippen LogP) is 0.848. The molecular formula is C10H10N4. The maximum Gasteiger partial charge on any atom is 0.145 e. The van der Waals surface area contributed by atoms with Gasteiger partial charge in [0, 0.05) is 19.4 Å². The Bertz CT molecular complexity index is 349. The zero-order valence-corrected chi connectivity index (χ0v) is 7.81. The molecule has 1 aliphatic heterocycles. The Hall–Kier alpha value is -2.20. The Labute approximate surface area is 83.0 Å². The molecule has 0 fully saturated rings. The highest BCUT2D eigenvalue weighted by molar-refractivity contribution is 5.34. The number of nitriles is 2. The van der Waals surface area contributed by atoms with Crippen LogP contribution in [0.5, 0.6) is 0 Å². The first-order valence-corrected chi connectivity index (χ1v) is 4.11. The van der Waals surface area contributed by atoms with Crippen LogP contribution in [-0.4, -0.2) is 18.1 Å². The average Bonchev–Trinajstić information content (AvgIpc) is 2.22. The quantitative estimate of drug-likeness (QED) is 0.649. The van der Waals surface area contributed by atoms with E-state index < -0.39 is 0 Å². The lowest BCUT2D eigenvalue weighted by Crippen LogP contribution is -2.37. The molecule has 1 N–H and O–H groups in total. The Kier molecular flexibility index (Phi) is 3.34. The van der Waals surface area contributed by atoms with E-state index in [0.29, 0.717) is 0 Å². The maximum absolute atomic E-state index is 8.50. The summed E-state index contributed by atoms with van der Waals surface area (Å²) < 4.78 is 0. The van der Waals surface area contributed by atoms with Crippen LogP contribution < -0.4 is 5.32 Å². The van der Waals surface area contributed by atoms with Gasteiger partial charge in [0.1, 0.15) is 23.9 Å². The van der Waals surface area contributed by atoms with Gasteiger partial charge in [0.25, 0.3) is 0 Å². The molecule has 0 aromatic heterocycles. The molecule has 1 rings (SSSR count). The van der Waals surface area contributed by atoms with Crippen LogP contribution in [0.3, 0.4) is 0 Å². The standard InChI is InChI=1S/C10H10N4/c1-14-5-3-2-4-10(14)13-8-9(6-11)7-12/h2-5,8,10,13H,1H3/t10-/m0/s1. The van der Waals surface area contributed by atoms with Gasteiger partial charge < -0.3 is 10.2 Å².